The van der Waals surface area contributed by atoms with Crippen LogP contribution in [0.3, 0.4) is 0 Å². The summed E-state index contributed by atoms with van der Waals surface area (Å²) in [6, 6.07) is 9.15. The van der Waals surface area contributed by atoms with Crippen LogP contribution in [-0.4, -0.2) is 22.5 Å². The van der Waals surface area contributed by atoms with Crippen molar-refractivity contribution in [1.29, 1.82) is 0 Å². The van der Waals surface area contributed by atoms with Crippen molar-refractivity contribution in [2.24, 2.45) is 4.99 Å². The lowest BCUT2D eigenvalue weighted by Crippen LogP contribution is -1.97. The van der Waals surface area contributed by atoms with Gasteiger partial charge in [-0.15, -0.1) is 4.99 Å². The molecular weight excluding hydrogens is 230 g/mol. The van der Waals surface area contributed by atoms with Crippen molar-refractivity contribution in [2.45, 2.75) is 13.8 Å². The van der Waals surface area contributed by atoms with Gasteiger partial charge < -0.3 is 4.74 Å². The molecule has 0 bridgehead atoms. The summed E-state index contributed by atoms with van der Waals surface area (Å²) in [5.41, 5.74) is 1.61. The van der Waals surface area contributed by atoms with Gasteiger partial charge in [0.2, 0.25) is 6.08 Å². The van der Waals surface area contributed by atoms with Crippen molar-refractivity contribution in [3.8, 4) is 11.4 Å². The Kier molecular flexibility index (Phi) is 3.55. The van der Waals surface area contributed by atoms with Crippen LogP contribution in [0.1, 0.15) is 12.6 Å². The Labute approximate surface area is 105 Å². The third kappa shape index (κ3) is 2.47. The monoisotopic (exact) mass is 243 g/mol. The number of nitrogens with zero attached hydrogens (tertiary/aromatic N) is 3. The van der Waals surface area contributed by atoms with Gasteiger partial charge >= 0.3 is 0 Å². The van der Waals surface area contributed by atoms with E-state index in [-0.39, 0.29) is 0 Å². The summed E-state index contributed by atoms with van der Waals surface area (Å²) in [6.07, 6.45) is 1.53. The highest BCUT2D eigenvalue weighted by molar-refractivity contribution is 5.50. The summed E-state index contributed by atoms with van der Waals surface area (Å²) < 4.78 is 6.96. The van der Waals surface area contributed by atoms with Crippen LogP contribution < -0.4 is 4.74 Å². The van der Waals surface area contributed by atoms with Crippen LogP contribution in [0.2, 0.25) is 0 Å². The number of aromatic nitrogens is 2. The predicted octanol–water partition coefficient (Wildman–Crippen LogP) is 2.55. The van der Waals surface area contributed by atoms with Crippen LogP contribution >= 0.6 is 0 Å². The van der Waals surface area contributed by atoms with E-state index in [0.717, 1.165) is 17.1 Å². The zero-order valence-corrected chi connectivity index (χ0v) is 10.3. The number of benzene rings is 1. The fraction of sp³-hybridized carbons (Fsp3) is 0.231. The molecule has 0 unspecified atom stereocenters. The Morgan fingerprint density at radius 3 is 2.72 bits per heavy atom. The van der Waals surface area contributed by atoms with E-state index in [1.807, 2.05) is 38.1 Å². The molecule has 0 saturated carbocycles. The number of isocyanates is 1. The van der Waals surface area contributed by atoms with Crippen LogP contribution in [0.15, 0.2) is 35.3 Å². The number of rotatable bonds is 4. The third-order valence-corrected chi connectivity index (χ3v) is 2.37. The molecule has 18 heavy (non-hydrogen) atoms. The van der Waals surface area contributed by atoms with Crippen molar-refractivity contribution in [3.63, 3.8) is 0 Å². The van der Waals surface area contributed by atoms with Gasteiger partial charge in [-0.2, -0.15) is 5.10 Å². The quantitative estimate of drug-likeness (QED) is 0.612. The highest BCUT2D eigenvalue weighted by Crippen LogP contribution is 2.21. The lowest BCUT2D eigenvalue weighted by Gasteiger charge is -2.06. The Morgan fingerprint density at radius 2 is 2.11 bits per heavy atom. The van der Waals surface area contributed by atoms with E-state index >= 15 is 0 Å². The van der Waals surface area contributed by atoms with E-state index in [1.54, 1.807) is 10.7 Å². The SMILES string of the molecule is CCOc1ccc(-n2nc(C)cc2N=C=O)cc1. The van der Waals surface area contributed by atoms with E-state index in [2.05, 4.69) is 10.1 Å². The molecule has 0 aliphatic rings. The Balaban J connectivity index is 2.38. The van der Waals surface area contributed by atoms with Crippen molar-refractivity contribution in [3.05, 3.63) is 36.0 Å². The molecule has 0 atom stereocenters. The maximum atomic E-state index is 10.4. The van der Waals surface area contributed by atoms with Crippen molar-refractivity contribution in [1.82, 2.24) is 9.78 Å². The highest BCUT2D eigenvalue weighted by Gasteiger charge is 2.06. The molecule has 0 saturated heterocycles. The summed E-state index contributed by atoms with van der Waals surface area (Å²) in [4.78, 5) is 14.0. The van der Waals surface area contributed by atoms with Gasteiger partial charge in [-0.05, 0) is 38.1 Å². The lowest BCUT2D eigenvalue weighted by molar-refractivity contribution is 0.340. The van der Waals surface area contributed by atoms with Gasteiger partial charge in [0, 0.05) is 6.07 Å². The standard InChI is InChI=1S/C13H13N3O2/c1-3-18-12-6-4-11(5-7-12)16-13(14-9-17)8-10(2)15-16/h4-8H,3H2,1-2H3. The summed E-state index contributed by atoms with van der Waals surface area (Å²) in [7, 11) is 0. The molecular formula is C13H13N3O2. The van der Waals surface area contributed by atoms with E-state index in [1.165, 1.54) is 6.08 Å². The van der Waals surface area contributed by atoms with E-state index in [4.69, 9.17) is 4.74 Å². The first kappa shape index (κ1) is 12.1. The number of hydrogen-bond donors (Lipinski definition) is 0. The van der Waals surface area contributed by atoms with Crippen molar-refractivity contribution in [2.75, 3.05) is 6.61 Å². The number of ether oxygens (including phenoxy) is 1. The molecule has 1 aromatic heterocycles. The molecule has 5 heteroatoms. The van der Waals surface area contributed by atoms with Gasteiger partial charge in [-0.25, -0.2) is 9.48 Å². The average Bonchev–Trinajstić information content (AvgIpc) is 2.72. The summed E-state index contributed by atoms with van der Waals surface area (Å²) >= 11 is 0. The zero-order valence-electron chi connectivity index (χ0n) is 10.3. The minimum Gasteiger partial charge on any atom is -0.494 e. The zero-order chi connectivity index (χ0) is 13.0. The topological polar surface area (TPSA) is 56.5 Å². The average molecular weight is 243 g/mol. The molecule has 0 aliphatic heterocycles. The molecule has 1 aromatic carbocycles. The fourth-order valence-corrected chi connectivity index (χ4v) is 1.65. The predicted molar refractivity (Wildman–Crippen MR) is 67.3 cm³/mol. The van der Waals surface area contributed by atoms with Crippen LogP contribution in [0.4, 0.5) is 5.82 Å². The largest absolute Gasteiger partial charge is 0.494 e. The molecule has 0 spiro atoms. The second-order valence-electron chi connectivity index (χ2n) is 3.69. The van der Waals surface area contributed by atoms with Gasteiger partial charge in [0.05, 0.1) is 18.0 Å². The maximum absolute atomic E-state index is 10.4. The first-order chi connectivity index (χ1) is 8.74. The Morgan fingerprint density at radius 1 is 1.39 bits per heavy atom. The molecule has 1 heterocycles. The fourth-order valence-electron chi connectivity index (χ4n) is 1.65. The van der Waals surface area contributed by atoms with Crippen LogP contribution in [-0.2, 0) is 4.79 Å². The number of aryl methyl sites for hydroxylation is 1. The molecule has 0 N–H and O–H groups in total. The van der Waals surface area contributed by atoms with Gasteiger partial charge in [0.1, 0.15) is 5.75 Å². The summed E-state index contributed by atoms with van der Waals surface area (Å²) in [6.45, 7) is 4.40. The molecule has 0 radical (unpaired) electrons. The Hall–Kier alpha value is -2.39. The molecule has 2 aromatic rings. The first-order valence-electron chi connectivity index (χ1n) is 5.62. The first-order valence-corrected chi connectivity index (χ1v) is 5.62. The van der Waals surface area contributed by atoms with E-state index in [0.29, 0.717) is 12.4 Å². The normalized spacial score (nSPS) is 9.89. The van der Waals surface area contributed by atoms with Gasteiger partial charge in [-0.3, -0.25) is 0 Å². The molecule has 92 valence electrons. The van der Waals surface area contributed by atoms with E-state index < -0.39 is 0 Å². The minimum atomic E-state index is 0.464. The molecule has 2 rings (SSSR count). The number of aliphatic imine (C=N–C) groups is 1. The van der Waals surface area contributed by atoms with Crippen molar-refractivity contribution >= 4 is 11.9 Å². The Bertz CT molecular complexity index is 581. The third-order valence-electron chi connectivity index (χ3n) is 2.37. The van der Waals surface area contributed by atoms with Gasteiger partial charge in [0.25, 0.3) is 0 Å². The van der Waals surface area contributed by atoms with Crippen LogP contribution in [0.5, 0.6) is 5.75 Å². The second-order valence-corrected chi connectivity index (χ2v) is 3.69. The minimum absolute atomic E-state index is 0.464. The summed E-state index contributed by atoms with van der Waals surface area (Å²) in [5.74, 6) is 1.26. The maximum Gasteiger partial charge on any atom is 0.242 e. The van der Waals surface area contributed by atoms with Crippen molar-refractivity contribution < 1.29 is 9.53 Å². The lowest BCUT2D eigenvalue weighted by atomic mass is 10.3. The van der Waals surface area contributed by atoms with Gasteiger partial charge in [-0.1, -0.05) is 0 Å². The summed E-state index contributed by atoms with van der Waals surface area (Å²) in [5, 5.41) is 4.28. The second kappa shape index (κ2) is 5.29. The van der Waals surface area contributed by atoms with Crippen LogP contribution in [0.25, 0.3) is 5.69 Å². The van der Waals surface area contributed by atoms with E-state index in [9.17, 15) is 4.79 Å². The number of hydrogen-bond acceptors (Lipinski definition) is 4. The molecule has 0 amide bonds. The van der Waals surface area contributed by atoms with Crippen LogP contribution in [0, 0.1) is 6.92 Å². The van der Waals surface area contributed by atoms with Gasteiger partial charge in [0.15, 0.2) is 5.82 Å². The highest BCUT2D eigenvalue weighted by atomic mass is 16.5. The number of carbonyl (C=O) groups excluding carboxylic acids is 1. The molecule has 5 nitrogen and oxygen atoms in total. The molecule has 0 aliphatic carbocycles. The molecule has 0 fully saturated rings. The smallest absolute Gasteiger partial charge is 0.242 e.